The number of aryl methyl sites for hydroxylation is 1. The van der Waals surface area contributed by atoms with Gasteiger partial charge in [-0.2, -0.15) is 5.10 Å². The summed E-state index contributed by atoms with van der Waals surface area (Å²) in [7, 11) is 0. The van der Waals surface area contributed by atoms with Crippen LogP contribution in [0.25, 0.3) is 0 Å². The van der Waals surface area contributed by atoms with E-state index >= 15 is 0 Å². The molecular weight excluding hydrogens is 224 g/mol. The van der Waals surface area contributed by atoms with Crippen molar-refractivity contribution in [3.8, 4) is 0 Å². The van der Waals surface area contributed by atoms with Gasteiger partial charge in [-0.1, -0.05) is 42.5 Å². The van der Waals surface area contributed by atoms with E-state index in [1.165, 1.54) is 0 Å². The Morgan fingerprint density at radius 3 is 2.39 bits per heavy atom. The maximum Gasteiger partial charge on any atom is 0.0936 e. The Labute approximate surface area is 107 Å². The molecule has 0 spiro atoms. The zero-order chi connectivity index (χ0) is 12.8. The fraction of sp³-hybridized carbons (Fsp3) is 0.133. The van der Waals surface area contributed by atoms with Crippen LogP contribution in [0.3, 0.4) is 0 Å². The lowest BCUT2D eigenvalue weighted by Gasteiger charge is -2.08. The zero-order valence-electron chi connectivity index (χ0n) is 10.3. The standard InChI is InChI=1S/C15H16N2O/c1-12-7-5-6-10-14(12)15(11-18)17-16-13-8-3-2-4-9-13/h2-10,16,18H,11H2,1H3/b17-15+. The van der Waals surface area contributed by atoms with Gasteiger partial charge in [0.25, 0.3) is 0 Å². The summed E-state index contributed by atoms with van der Waals surface area (Å²) in [6.45, 7) is 1.91. The highest BCUT2D eigenvalue weighted by molar-refractivity contribution is 6.02. The van der Waals surface area contributed by atoms with Crippen molar-refractivity contribution >= 4 is 11.4 Å². The van der Waals surface area contributed by atoms with E-state index in [4.69, 9.17) is 0 Å². The van der Waals surface area contributed by atoms with Crippen LogP contribution in [0.4, 0.5) is 5.69 Å². The zero-order valence-corrected chi connectivity index (χ0v) is 10.3. The van der Waals surface area contributed by atoms with Crippen LogP contribution in [-0.4, -0.2) is 17.4 Å². The van der Waals surface area contributed by atoms with Gasteiger partial charge in [0, 0.05) is 5.56 Å². The minimum atomic E-state index is -0.0926. The molecule has 92 valence electrons. The second-order valence-corrected chi connectivity index (χ2v) is 4.01. The Morgan fingerprint density at radius 1 is 1.06 bits per heavy atom. The van der Waals surface area contributed by atoms with Crippen LogP contribution in [0.2, 0.25) is 0 Å². The summed E-state index contributed by atoms with van der Waals surface area (Å²) in [6.07, 6.45) is 0. The smallest absolute Gasteiger partial charge is 0.0936 e. The van der Waals surface area contributed by atoms with E-state index in [9.17, 15) is 5.11 Å². The molecule has 0 saturated carbocycles. The van der Waals surface area contributed by atoms with E-state index in [0.717, 1.165) is 16.8 Å². The van der Waals surface area contributed by atoms with Crippen LogP contribution in [0.15, 0.2) is 59.7 Å². The van der Waals surface area contributed by atoms with Crippen molar-refractivity contribution in [2.45, 2.75) is 6.92 Å². The van der Waals surface area contributed by atoms with Gasteiger partial charge in [-0.05, 0) is 24.6 Å². The van der Waals surface area contributed by atoms with E-state index in [2.05, 4.69) is 10.5 Å². The monoisotopic (exact) mass is 240 g/mol. The lowest BCUT2D eigenvalue weighted by Crippen LogP contribution is -2.10. The van der Waals surface area contributed by atoms with E-state index in [1.54, 1.807) is 0 Å². The van der Waals surface area contributed by atoms with Gasteiger partial charge in [0.2, 0.25) is 0 Å². The number of hydrazone groups is 1. The quantitative estimate of drug-likeness (QED) is 0.637. The summed E-state index contributed by atoms with van der Waals surface area (Å²) < 4.78 is 0. The first-order valence-corrected chi connectivity index (χ1v) is 5.86. The van der Waals surface area contributed by atoms with Gasteiger partial charge in [-0.3, -0.25) is 5.43 Å². The molecule has 0 saturated heterocycles. The maximum absolute atomic E-state index is 9.41. The molecule has 2 aromatic carbocycles. The molecule has 0 radical (unpaired) electrons. The molecular formula is C15H16N2O. The lowest BCUT2D eigenvalue weighted by atomic mass is 10.1. The number of anilines is 1. The van der Waals surface area contributed by atoms with Crippen LogP contribution < -0.4 is 5.43 Å². The van der Waals surface area contributed by atoms with Gasteiger partial charge in [-0.25, -0.2) is 0 Å². The third-order valence-electron chi connectivity index (χ3n) is 2.70. The van der Waals surface area contributed by atoms with E-state index < -0.39 is 0 Å². The Kier molecular flexibility index (Phi) is 4.10. The highest BCUT2D eigenvalue weighted by Gasteiger charge is 2.04. The van der Waals surface area contributed by atoms with E-state index in [-0.39, 0.29) is 6.61 Å². The number of rotatable bonds is 4. The molecule has 0 aliphatic rings. The highest BCUT2D eigenvalue weighted by Crippen LogP contribution is 2.10. The normalized spacial score (nSPS) is 11.3. The molecule has 0 aromatic heterocycles. The number of nitrogens with zero attached hydrogens (tertiary/aromatic N) is 1. The van der Waals surface area contributed by atoms with Crippen LogP contribution in [-0.2, 0) is 0 Å². The molecule has 0 unspecified atom stereocenters. The van der Waals surface area contributed by atoms with Crippen LogP contribution in [0.1, 0.15) is 11.1 Å². The number of aliphatic hydroxyl groups is 1. The molecule has 0 bridgehead atoms. The molecule has 0 aliphatic heterocycles. The van der Waals surface area contributed by atoms with Crippen molar-refractivity contribution < 1.29 is 5.11 Å². The largest absolute Gasteiger partial charge is 0.390 e. The first-order chi connectivity index (χ1) is 8.81. The number of hydrogen-bond acceptors (Lipinski definition) is 3. The number of nitrogens with one attached hydrogen (secondary N) is 1. The highest BCUT2D eigenvalue weighted by atomic mass is 16.3. The fourth-order valence-electron chi connectivity index (χ4n) is 1.72. The first-order valence-electron chi connectivity index (χ1n) is 5.86. The average Bonchev–Trinajstić information content (AvgIpc) is 2.42. The van der Waals surface area contributed by atoms with Crippen molar-refractivity contribution in [1.82, 2.24) is 0 Å². The summed E-state index contributed by atoms with van der Waals surface area (Å²) in [5, 5.41) is 13.7. The number of para-hydroxylation sites is 1. The van der Waals surface area contributed by atoms with Crippen molar-refractivity contribution in [1.29, 1.82) is 0 Å². The molecule has 2 aromatic rings. The SMILES string of the molecule is Cc1ccccc1/C(CO)=N/Nc1ccccc1. The molecule has 0 amide bonds. The van der Waals surface area contributed by atoms with Gasteiger partial charge in [0.1, 0.15) is 0 Å². The van der Waals surface area contributed by atoms with Gasteiger partial charge in [-0.15, -0.1) is 0 Å². The van der Waals surface area contributed by atoms with Gasteiger partial charge in [0.15, 0.2) is 0 Å². The van der Waals surface area contributed by atoms with Crippen molar-refractivity contribution in [2.24, 2.45) is 5.10 Å². The maximum atomic E-state index is 9.41. The summed E-state index contributed by atoms with van der Waals surface area (Å²) in [6, 6.07) is 17.5. The topological polar surface area (TPSA) is 44.6 Å². The van der Waals surface area contributed by atoms with Crippen molar-refractivity contribution in [3.63, 3.8) is 0 Å². The summed E-state index contributed by atoms with van der Waals surface area (Å²) in [5.74, 6) is 0. The third kappa shape index (κ3) is 2.96. The minimum Gasteiger partial charge on any atom is -0.390 e. The number of hydrogen-bond donors (Lipinski definition) is 2. The van der Waals surface area contributed by atoms with Gasteiger partial charge >= 0.3 is 0 Å². The first kappa shape index (κ1) is 12.3. The minimum absolute atomic E-state index is 0.0926. The van der Waals surface area contributed by atoms with Crippen molar-refractivity contribution in [3.05, 3.63) is 65.7 Å². The number of aliphatic hydroxyl groups excluding tert-OH is 1. The number of benzene rings is 2. The van der Waals surface area contributed by atoms with Gasteiger partial charge in [0.05, 0.1) is 18.0 Å². The Bertz CT molecular complexity index is 535. The Morgan fingerprint density at radius 2 is 1.72 bits per heavy atom. The Balaban J connectivity index is 2.22. The summed E-state index contributed by atoms with van der Waals surface area (Å²) in [5.41, 5.74) is 6.54. The molecule has 18 heavy (non-hydrogen) atoms. The molecule has 2 rings (SSSR count). The molecule has 0 aliphatic carbocycles. The average molecular weight is 240 g/mol. The second kappa shape index (κ2) is 5.98. The molecule has 3 heteroatoms. The molecule has 0 atom stereocenters. The van der Waals surface area contributed by atoms with Crippen LogP contribution in [0, 0.1) is 6.92 Å². The summed E-state index contributed by atoms with van der Waals surface area (Å²) >= 11 is 0. The van der Waals surface area contributed by atoms with E-state index in [1.807, 2.05) is 61.5 Å². The predicted molar refractivity (Wildman–Crippen MR) is 74.9 cm³/mol. The lowest BCUT2D eigenvalue weighted by molar-refractivity contribution is 0.357. The molecule has 0 fully saturated rings. The van der Waals surface area contributed by atoms with Gasteiger partial charge < -0.3 is 5.11 Å². The third-order valence-corrected chi connectivity index (χ3v) is 2.70. The van der Waals surface area contributed by atoms with Crippen LogP contribution in [0.5, 0.6) is 0 Å². The summed E-state index contributed by atoms with van der Waals surface area (Å²) in [4.78, 5) is 0. The molecule has 3 nitrogen and oxygen atoms in total. The molecule has 2 N–H and O–H groups in total. The fourth-order valence-corrected chi connectivity index (χ4v) is 1.72. The second-order valence-electron chi connectivity index (χ2n) is 4.01. The Hall–Kier alpha value is -2.13. The van der Waals surface area contributed by atoms with Crippen LogP contribution >= 0.6 is 0 Å². The van der Waals surface area contributed by atoms with E-state index in [0.29, 0.717) is 5.71 Å². The van der Waals surface area contributed by atoms with Crippen molar-refractivity contribution in [2.75, 3.05) is 12.0 Å². The molecule has 0 heterocycles. The predicted octanol–water partition coefficient (Wildman–Crippen LogP) is 2.80.